The molecule has 0 aliphatic rings. The fourth-order valence-electron chi connectivity index (χ4n) is 4.54. The third-order valence-electron chi connectivity index (χ3n) is 7.23. The van der Waals surface area contributed by atoms with Crippen LogP contribution in [0.4, 0.5) is 0 Å². The number of ether oxygens (including phenoxy) is 9. The highest BCUT2D eigenvalue weighted by molar-refractivity contribution is 5.77. The number of rotatable bonds is 42. The molecule has 0 saturated heterocycles. The highest BCUT2D eigenvalue weighted by atomic mass is 16.6. The smallest absolute Gasteiger partial charge is 0.329 e. The summed E-state index contributed by atoms with van der Waals surface area (Å²) >= 11 is 0. The standard InChI is InChI=1S/C36H69NO13/c1-2-3-4-5-6-7-8-9-10-11-12-13-14-15-36(41)50-31-30-48-29-28-47-27-26-46-25-24-45-23-22-44-21-20-43-19-18-42-17-16-37-34(38)32-49-33-35(39)40/h2-33H2,1H3,(H,37,38)(H,39,40). The Hall–Kier alpha value is -1.91. The van der Waals surface area contributed by atoms with E-state index in [2.05, 4.69) is 17.0 Å². The van der Waals surface area contributed by atoms with Gasteiger partial charge in [0.1, 0.15) is 19.8 Å². The second kappa shape index (κ2) is 41.5. The number of amides is 1. The van der Waals surface area contributed by atoms with E-state index in [-0.39, 0.29) is 19.2 Å². The lowest BCUT2D eigenvalue weighted by Gasteiger charge is -2.09. The summed E-state index contributed by atoms with van der Waals surface area (Å²) in [5, 5.41) is 11.0. The number of carbonyl (C=O) groups excluding carboxylic acids is 2. The molecule has 0 radical (unpaired) electrons. The van der Waals surface area contributed by atoms with Gasteiger partial charge in [0.2, 0.25) is 5.91 Å². The number of hydrogen-bond donors (Lipinski definition) is 2. The summed E-state index contributed by atoms with van der Waals surface area (Å²) in [4.78, 5) is 33.5. The third kappa shape index (κ3) is 42.3. The lowest BCUT2D eigenvalue weighted by molar-refractivity contribution is -0.146. The first-order chi connectivity index (χ1) is 24.6. The Morgan fingerprint density at radius 1 is 0.440 bits per heavy atom. The van der Waals surface area contributed by atoms with Gasteiger partial charge in [-0.2, -0.15) is 0 Å². The zero-order valence-corrected chi connectivity index (χ0v) is 31.0. The van der Waals surface area contributed by atoms with Crippen LogP contribution in [0.3, 0.4) is 0 Å². The molecule has 50 heavy (non-hydrogen) atoms. The number of carbonyl (C=O) groups is 3. The van der Waals surface area contributed by atoms with Crippen molar-refractivity contribution < 1.29 is 62.1 Å². The zero-order chi connectivity index (χ0) is 36.4. The van der Waals surface area contributed by atoms with Gasteiger partial charge >= 0.3 is 11.9 Å². The van der Waals surface area contributed by atoms with Crippen LogP contribution < -0.4 is 5.32 Å². The number of aliphatic carboxylic acids is 1. The molecule has 0 aliphatic heterocycles. The van der Waals surface area contributed by atoms with E-state index in [0.717, 1.165) is 12.8 Å². The summed E-state index contributed by atoms with van der Waals surface area (Å²) in [5.41, 5.74) is 0. The van der Waals surface area contributed by atoms with Crippen LogP contribution in [-0.4, -0.2) is 142 Å². The maximum Gasteiger partial charge on any atom is 0.329 e. The predicted octanol–water partition coefficient (Wildman–Crippen LogP) is 4.34. The average Bonchev–Trinajstić information content (AvgIpc) is 3.10. The van der Waals surface area contributed by atoms with Crippen molar-refractivity contribution in [3.05, 3.63) is 0 Å². The number of carboxylic acids is 1. The van der Waals surface area contributed by atoms with Gasteiger partial charge in [0.25, 0.3) is 0 Å². The van der Waals surface area contributed by atoms with Crippen LogP contribution in [0.15, 0.2) is 0 Å². The largest absolute Gasteiger partial charge is 0.480 e. The summed E-state index contributed by atoms with van der Waals surface area (Å²) < 4.78 is 47.9. The molecule has 0 atom stereocenters. The summed E-state index contributed by atoms with van der Waals surface area (Å²) in [6.45, 7) is 8.05. The van der Waals surface area contributed by atoms with E-state index in [0.29, 0.717) is 105 Å². The van der Waals surface area contributed by atoms with Crippen molar-refractivity contribution in [2.45, 2.75) is 96.8 Å². The van der Waals surface area contributed by atoms with Crippen molar-refractivity contribution >= 4 is 17.8 Å². The molecule has 0 aliphatic carbocycles. The zero-order valence-electron chi connectivity index (χ0n) is 31.0. The van der Waals surface area contributed by atoms with Gasteiger partial charge in [-0.15, -0.1) is 0 Å². The molecule has 2 N–H and O–H groups in total. The number of esters is 1. The quantitative estimate of drug-likeness (QED) is 0.0675. The Balaban J connectivity index is 3.17. The second-order valence-corrected chi connectivity index (χ2v) is 11.7. The van der Waals surface area contributed by atoms with E-state index < -0.39 is 18.5 Å². The van der Waals surface area contributed by atoms with E-state index >= 15 is 0 Å². The van der Waals surface area contributed by atoms with E-state index in [1.165, 1.54) is 70.6 Å². The fraction of sp³-hybridized carbons (Fsp3) is 0.917. The van der Waals surface area contributed by atoms with E-state index in [1.807, 2.05) is 0 Å². The van der Waals surface area contributed by atoms with Crippen molar-refractivity contribution in [3.63, 3.8) is 0 Å². The SMILES string of the molecule is CCCCCCCCCCCCCCCC(=O)OCCOCCOCCOCCOCCOCCOCCOCCNC(=O)COCC(=O)O. The van der Waals surface area contributed by atoms with Crippen LogP contribution in [0.1, 0.15) is 96.8 Å². The van der Waals surface area contributed by atoms with Crippen LogP contribution in [0.25, 0.3) is 0 Å². The summed E-state index contributed by atoms with van der Waals surface area (Å²) in [5.74, 6) is -1.66. The van der Waals surface area contributed by atoms with Crippen molar-refractivity contribution in [3.8, 4) is 0 Å². The summed E-state index contributed by atoms with van der Waals surface area (Å²) in [7, 11) is 0. The number of nitrogens with one attached hydrogen (secondary N) is 1. The van der Waals surface area contributed by atoms with Crippen molar-refractivity contribution in [1.29, 1.82) is 0 Å². The topological polar surface area (TPSA) is 167 Å². The number of unbranched alkanes of at least 4 members (excludes halogenated alkanes) is 12. The molecule has 0 aromatic rings. The minimum absolute atomic E-state index is 0.143. The van der Waals surface area contributed by atoms with Crippen molar-refractivity contribution in [2.75, 3.05) is 119 Å². The molecule has 0 spiro atoms. The first kappa shape index (κ1) is 48.1. The van der Waals surface area contributed by atoms with E-state index in [4.69, 9.17) is 43.0 Å². The van der Waals surface area contributed by atoms with Crippen LogP contribution in [-0.2, 0) is 57.0 Å². The first-order valence-electron chi connectivity index (χ1n) is 18.8. The lowest BCUT2D eigenvalue weighted by Crippen LogP contribution is -2.31. The van der Waals surface area contributed by atoms with Gasteiger partial charge in [-0.25, -0.2) is 4.79 Å². The van der Waals surface area contributed by atoms with Gasteiger partial charge in [-0.3, -0.25) is 9.59 Å². The van der Waals surface area contributed by atoms with Gasteiger partial charge in [0.15, 0.2) is 0 Å². The maximum absolute atomic E-state index is 11.8. The molecule has 0 aromatic heterocycles. The van der Waals surface area contributed by atoms with E-state index in [9.17, 15) is 14.4 Å². The molecule has 0 bridgehead atoms. The average molecular weight is 724 g/mol. The molecule has 296 valence electrons. The molecule has 0 fully saturated rings. The summed E-state index contributed by atoms with van der Waals surface area (Å²) in [6, 6.07) is 0. The van der Waals surface area contributed by atoms with Gasteiger partial charge in [-0.1, -0.05) is 84.0 Å². The second-order valence-electron chi connectivity index (χ2n) is 11.7. The van der Waals surface area contributed by atoms with Crippen molar-refractivity contribution in [1.82, 2.24) is 5.32 Å². The Bertz CT molecular complexity index is 745. The Morgan fingerprint density at radius 2 is 0.800 bits per heavy atom. The normalized spacial score (nSPS) is 11.2. The van der Waals surface area contributed by atoms with Gasteiger partial charge in [-0.05, 0) is 6.42 Å². The molecule has 0 heterocycles. The van der Waals surface area contributed by atoms with Crippen LogP contribution in [0, 0.1) is 0 Å². The van der Waals surface area contributed by atoms with E-state index in [1.54, 1.807) is 0 Å². The Labute approximate surface area is 300 Å². The van der Waals surface area contributed by atoms with Crippen LogP contribution in [0.5, 0.6) is 0 Å². The Morgan fingerprint density at radius 3 is 1.20 bits per heavy atom. The van der Waals surface area contributed by atoms with Gasteiger partial charge in [0.05, 0.1) is 92.5 Å². The fourth-order valence-corrected chi connectivity index (χ4v) is 4.54. The maximum atomic E-state index is 11.8. The van der Waals surface area contributed by atoms with Crippen LogP contribution in [0.2, 0.25) is 0 Å². The summed E-state index contributed by atoms with van der Waals surface area (Å²) in [6.07, 6.45) is 17.2. The highest BCUT2D eigenvalue weighted by Gasteiger charge is 2.04. The number of hydrogen-bond acceptors (Lipinski definition) is 12. The lowest BCUT2D eigenvalue weighted by atomic mass is 10.0. The number of carboxylic acid groups (broad SMARTS) is 1. The molecule has 14 nitrogen and oxygen atoms in total. The monoisotopic (exact) mass is 723 g/mol. The molecule has 14 heteroatoms. The predicted molar refractivity (Wildman–Crippen MR) is 188 cm³/mol. The molecular formula is C36H69NO13. The minimum atomic E-state index is -1.12. The molecule has 1 amide bonds. The molecule has 0 aromatic carbocycles. The van der Waals surface area contributed by atoms with Crippen molar-refractivity contribution in [2.24, 2.45) is 0 Å². The molecule has 0 saturated carbocycles. The minimum Gasteiger partial charge on any atom is -0.480 e. The Kier molecular flexibility index (Phi) is 39.9. The van der Waals surface area contributed by atoms with Crippen LogP contribution >= 0.6 is 0 Å². The molecule has 0 rings (SSSR count). The van der Waals surface area contributed by atoms with Gasteiger partial charge < -0.3 is 53.1 Å². The molecular weight excluding hydrogens is 654 g/mol. The third-order valence-corrected chi connectivity index (χ3v) is 7.23. The van der Waals surface area contributed by atoms with Gasteiger partial charge in [0, 0.05) is 13.0 Å². The highest BCUT2D eigenvalue weighted by Crippen LogP contribution is 2.13. The molecule has 0 unspecified atom stereocenters. The first-order valence-corrected chi connectivity index (χ1v) is 18.8.